The summed E-state index contributed by atoms with van der Waals surface area (Å²) in [6.45, 7) is 2.36. The molecule has 1 aromatic carbocycles. The van der Waals surface area contributed by atoms with Gasteiger partial charge < -0.3 is 19.6 Å². The molecule has 4 bridgehead atoms. The Morgan fingerprint density at radius 1 is 1.10 bits per heavy atom. The summed E-state index contributed by atoms with van der Waals surface area (Å²) in [7, 11) is 0. The molecule has 1 N–H and O–H groups in total. The van der Waals surface area contributed by atoms with E-state index in [0.717, 1.165) is 25.3 Å². The third-order valence-corrected chi connectivity index (χ3v) is 7.72. The highest BCUT2D eigenvalue weighted by atomic mass is 19.1. The number of benzene rings is 1. The number of aromatic carboxylic acids is 1. The van der Waals surface area contributed by atoms with E-state index in [0.29, 0.717) is 49.6 Å². The number of carboxylic acids is 1. The zero-order valence-corrected chi connectivity index (χ0v) is 17.2. The van der Waals surface area contributed by atoms with Crippen molar-refractivity contribution in [2.24, 2.45) is 17.8 Å². The fourth-order valence-electron chi connectivity index (χ4n) is 6.74. The number of hydrogen-bond acceptors (Lipinski definition) is 3. The molecule has 0 radical (unpaired) electrons. The average Bonchev–Trinajstić information content (AvgIpc) is 2.72. The van der Waals surface area contributed by atoms with Crippen LogP contribution >= 0.6 is 0 Å². The molecule has 0 spiro atoms. The van der Waals surface area contributed by atoms with Gasteiger partial charge in [0.15, 0.2) is 0 Å². The van der Waals surface area contributed by atoms with Gasteiger partial charge in [-0.05, 0) is 68.4 Å². The highest BCUT2D eigenvalue weighted by molar-refractivity contribution is 5.87. The maximum Gasteiger partial charge on any atom is 0.335 e. The molecule has 1 heterocycles. The second-order valence-electron chi connectivity index (χ2n) is 9.72. The van der Waals surface area contributed by atoms with E-state index in [2.05, 4.69) is 0 Å². The summed E-state index contributed by atoms with van der Waals surface area (Å²) in [5, 5.41) is 9.14. The number of ether oxygens (including phenoxy) is 1. The summed E-state index contributed by atoms with van der Waals surface area (Å²) in [5.41, 5.74) is 0.108. The number of morpholine rings is 1. The number of rotatable bonds is 4. The van der Waals surface area contributed by atoms with Gasteiger partial charge in [-0.2, -0.15) is 0 Å². The highest BCUT2D eigenvalue weighted by Crippen LogP contribution is 2.58. The van der Waals surface area contributed by atoms with Crippen LogP contribution in [0.5, 0.6) is 0 Å². The van der Waals surface area contributed by atoms with Gasteiger partial charge in [0.2, 0.25) is 0 Å². The van der Waals surface area contributed by atoms with Crippen molar-refractivity contribution in [3.8, 4) is 0 Å². The second-order valence-corrected chi connectivity index (χ2v) is 9.72. The molecule has 6 nitrogen and oxygen atoms in total. The standard InChI is InChI=1S/C23H29FN2O4/c24-20-10-18(21(27)28)1-2-19(20)14-26(22(29)25-3-5-30-6-4-25)23-11-15-7-16(12-23)9-17(8-15)13-23/h1-2,10,15-17H,3-9,11-14H2,(H,27,28). The van der Waals surface area contributed by atoms with Gasteiger partial charge in [0.05, 0.1) is 25.3 Å². The quantitative estimate of drug-likeness (QED) is 0.812. The molecule has 162 valence electrons. The van der Waals surface area contributed by atoms with Crippen molar-refractivity contribution in [3.63, 3.8) is 0 Å². The minimum atomic E-state index is -1.15. The van der Waals surface area contributed by atoms with Crippen molar-refractivity contribution in [1.29, 1.82) is 0 Å². The van der Waals surface area contributed by atoms with Crippen LogP contribution in [0.25, 0.3) is 0 Å². The van der Waals surface area contributed by atoms with Crippen LogP contribution in [0.1, 0.15) is 54.4 Å². The molecular formula is C23H29FN2O4. The largest absolute Gasteiger partial charge is 0.478 e. The van der Waals surface area contributed by atoms with Gasteiger partial charge in [0.25, 0.3) is 0 Å². The average molecular weight is 416 g/mol. The van der Waals surface area contributed by atoms with Crippen molar-refractivity contribution in [2.45, 2.75) is 50.6 Å². The smallest absolute Gasteiger partial charge is 0.335 e. The Morgan fingerprint density at radius 3 is 2.23 bits per heavy atom. The number of nitrogens with zero attached hydrogens (tertiary/aromatic N) is 2. The Hall–Kier alpha value is -2.15. The highest BCUT2D eigenvalue weighted by Gasteiger charge is 2.55. The van der Waals surface area contributed by atoms with Crippen LogP contribution in [0.3, 0.4) is 0 Å². The van der Waals surface area contributed by atoms with Crippen LogP contribution in [0.15, 0.2) is 18.2 Å². The minimum Gasteiger partial charge on any atom is -0.478 e. The lowest BCUT2D eigenvalue weighted by Crippen LogP contribution is -2.64. The zero-order valence-electron chi connectivity index (χ0n) is 17.2. The van der Waals surface area contributed by atoms with Crippen LogP contribution in [-0.4, -0.2) is 58.7 Å². The summed E-state index contributed by atoms with van der Waals surface area (Å²) in [6, 6.07) is 3.99. The number of carbonyl (C=O) groups excluding carboxylic acids is 1. The van der Waals surface area contributed by atoms with Gasteiger partial charge in [-0.15, -0.1) is 0 Å². The predicted octanol–water partition coefficient (Wildman–Crippen LogP) is 3.75. The third kappa shape index (κ3) is 3.47. The lowest BCUT2D eigenvalue weighted by atomic mass is 9.52. The first-order chi connectivity index (χ1) is 14.4. The fourth-order valence-corrected chi connectivity index (χ4v) is 6.74. The normalized spacial score (nSPS) is 32.3. The molecule has 7 heteroatoms. The van der Waals surface area contributed by atoms with Gasteiger partial charge in [0, 0.05) is 24.2 Å². The zero-order chi connectivity index (χ0) is 20.9. The van der Waals surface area contributed by atoms with Gasteiger partial charge in [0.1, 0.15) is 5.82 Å². The minimum absolute atomic E-state index is 0.0260. The van der Waals surface area contributed by atoms with E-state index in [1.165, 1.54) is 31.4 Å². The molecule has 5 fully saturated rings. The van der Waals surface area contributed by atoms with E-state index in [-0.39, 0.29) is 23.7 Å². The number of hydrogen-bond donors (Lipinski definition) is 1. The lowest BCUT2D eigenvalue weighted by molar-refractivity contribution is -0.0810. The second kappa shape index (κ2) is 7.52. The number of amides is 2. The first-order valence-electron chi connectivity index (χ1n) is 11.1. The van der Waals surface area contributed by atoms with Crippen LogP contribution in [0.4, 0.5) is 9.18 Å². The van der Waals surface area contributed by atoms with E-state index in [1.807, 2.05) is 9.80 Å². The molecule has 6 rings (SSSR count). The topological polar surface area (TPSA) is 70.1 Å². The summed E-state index contributed by atoms with van der Waals surface area (Å²) < 4.78 is 20.2. The summed E-state index contributed by atoms with van der Waals surface area (Å²) >= 11 is 0. The van der Waals surface area contributed by atoms with Crippen LogP contribution < -0.4 is 0 Å². The van der Waals surface area contributed by atoms with E-state index in [4.69, 9.17) is 9.84 Å². The molecule has 0 aromatic heterocycles. The molecule has 4 aliphatic carbocycles. The van der Waals surface area contributed by atoms with Crippen molar-refractivity contribution in [3.05, 3.63) is 35.1 Å². The number of halogens is 1. The number of urea groups is 1. The molecular weight excluding hydrogens is 387 g/mol. The Morgan fingerprint density at radius 2 is 1.70 bits per heavy atom. The third-order valence-electron chi connectivity index (χ3n) is 7.72. The number of carbonyl (C=O) groups is 2. The van der Waals surface area contributed by atoms with Crippen molar-refractivity contribution in [2.75, 3.05) is 26.3 Å². The molecule has 30 heavy (non-hydrogen) atoms. The molecule has 4 saturated carbocycles. The van der Waals surface area contributed by atoms with Crippen LogP contribution in [0.2, 0.25) is 0 Å². The van der Waals surface area contributed by atoms with Gasteiger partial charge in [-0.1, -0.05) is 6.07 Å². The van der Waals surface area contributed by atoms with Crippen molar-refractivity contribution >= 4 is 12.0 Å². The Balaban J connectivity index is 1.47. The van der Waals surface area contributed by atoms with E-state index in [1.54, 1.807) is 0 Å². The van der Waals surface area contributed by atoms with Gasteiger partial charge in [-0.3, -0.25) is 0 Å². The predicted molar refractivity (Wildman–Crippen MR) is 108 cm³/mol. The maximum atomic E-state index is 14.8. The Bertz CT molecular complexity index is 816. The first kappa shape index (κ1) is 19.8. The van der Waals surface area contributed by atoms with E-state index in [9.17, 15) is 14.0 Å². The van der Waals surface area contributed by atoms with Gasteiger partial charge in [-0.25, -0.2) is 14.0 Å². The van der Waals surface area contributed by atoms with Crippen LogP contribution in [-0.2, 0) is 11.3 Å². The van der Waals surface area contributed by atoms with Crippen molar-refractivity contribution in [1.82, 2.24) is 9.80 Å². The lowest BCUT2D eigenvalue weighted by Gasteiger charge is -2.60. The molecule has 5 aliphatic rings. The van der Waals surface area contributed by atoms with Crippen LogP contribution in [0, 0.1) is 23.6 Å². The van der Waals surface area contributed by atoms with Gasteiger partial charge >= 0.3 is 12.0 Å². The van der Waals surface area contributed by atoms with E-state index >= 15 is 0 Å². The summed E-state index contributed by atoms with van der Waals surface area (Å²) in [5.74, 6) is 0.281. The van der Waals surface area contributed by atoms with E-state index < -0.39 is 11.8 Å². The molecule has 1 aliphatic heterocycles. The van der Waals surface area contributed by atoms with Crippen molar-refractivity contribution < 1.29 is 23.8 Å². The maximum absolute atomic E-state index is 14.8. The molecule has 2 amide bonds. The molecule has 1 aromatic rings. The molecule has 0 atom stereocenters. The SMILES string of the molecule is O=C(O)c1ccc(CN(C(=O)N2CCOCC2)C23CC4CC(CC(C4)C2)C3)c(F)c1. The molecule has 1 saturated heterocycles. The Kier molecular flexibility index (Phi) is 4.96. The molecule has 0 unspecified atom stereocenters. The number of carboxylic acid groups (broad SMARTS) is 1. The Labute approximate surface area is 176 Å². The monoisotopic (exact) mass is 416 g/mol. The summed E-state index contributed by atoms with van der Waals surface area (Å²) in [4.78, 5) is 28.7. The first-order valence-corrected chi connectivity index (χ1v) is 11.1. The summed E-state index contributed by atoms with van der Waals surface area (Å²) in [6.07, 6.45) is 6.80. The fraction of sp³-hybridized carbons (Fsp3) is 0.652.